The van der Waals surface area contributed by atoms with Crippen molar-refractivity contribution in [2.75, 3.05) is 0 Å². The van der Waals surface area contributed by atoms with Gasteiger partial charge in [-0.05, 0) is 11.1 Å². The molecule has 2 aromatic rings. The molecule has 0 amide bonds. The highest BCUT2D eigenvalue weighted by Gasteiger charge is 2.20. The maximum Gasteiger partial charge on any atom is 0.166 e. The van der Waals surface area contributed by atoms with Crippen LogP contribution in [0.25, 0.3) is 0 Å². The van der Waals surface area contributed by atoms with E-state index in [0.717, 1.165) is 11.1 Å². The summed E-state index contributed by atoms with van der Waals surface area (Å²) in [6, 6.07) is 21.3. The molecule has 0 saturated heterocycles. The molecule has 3 nitrogen and oxygen atoms in total. The fourth-order valence-electron chi connectivity index (χ4n) is 1.97. The van der Waals surface area contributed by atoms with Crippen LogP contribution in [0.3, 0.4) is 0 Å². The first-order valence-electron chi connectivity index (χ1n) is 6.56. The number of ether oxygens (including phenoxy) is 1. The largest absolute Gasteiger partial charge is 0.375 e. The van der Waals surface area contributed by atoms with Gasteiger partial charge >= 0.3 is 0 Å². The number of nitrogens with zero attached hydrogens (tertiary/aromatic N) is 1. The third-order valence-corrected chi connectivity index (χ3v) is 3.07. The van der Waals surface area contributed by atoms with Crippen LogP contribution in [0.5, 0.6) is 0 Å². The Morgan fingerprint density at radius 1 is 0.950 bits per heavy atom. The van der Waals surface area contributed by atoms with Crippen LogP contribution >= 0.6 is 0 Å². The summed E-state index contributed by atoms with van der Waals surface area (Å²) in [4.78, 5) is 0. The summed E-state index contributed by atoms with van der Waals surface area (Å²) in [5.74, 6) is 0. The zero-order chi connectivity index (χ0) is 14.2. The van der Waals surface area contributed by atoms with Gasteiger partial charge in [0.1, 0.15) is 6.10 Å². The van der Waals surface area contributed by atoms with Gasteiger partial charge in [0.25, 0.3) is 0 Å². The summed E-state index contributed by atoms with van der Waals surface area (Å²) in [7, 11) is 0. The Morgan fingerprint density at radius 3 is 2.05 bits per heavy atom. The highest BCUT2D eigenvalue weighted by molar-refractivity contribution is 5.17. The number of benzene rings is 2. The average molecular weight is 267 g/mol. The molecular weight excluding hydrogens is 250 g/mol. The second kappa shape index (κ2) is 7.44. The quantitative estimate of drug-likeness (QED) is 0.819. The molecule has 0 radical (unpaired) electrons. The van der Waals surface area contributed by atoms with Crippen molar-refractivity contribution in [3.05, 3.63) is 71.8 Å². The van der Waals surface area contributed by atoms with Gasteiger partial charge < -0.3 is 9.84 Å². The number of aliphatic hydroxyl groups excluding tert-OH is 1. The minimum Gasteiger partial charge on any atom is -0.375 e. The standard InChI is InChI=1S/C17H17NO2/c18-12-16(19)17(11-14-7-3-1-4-8-14)20-13-15-9-5-2-6-10-15/h1-10,16-17,19H,11,13H2/t16-,17+/m0/s1. The molecule has 0 aliphatic rings. The molecule has 0 fully saturated rings. The monoisotopic (exact) mass is 267 g/mol. The number of rotatable bonds is 6. The maximum atomic E-state index is 9.77. The molecule has 102 valence electrons. The predicted molar refractivity (Wildman–Crippen MR) is 76.8 cm³/mol. The molecule has 3 heteroatoms. The van der Waals surface area contributed by atoms with Gasteiger partial charge in [0.15, 0.2) is 6.10 Å². The van der Waals surface area contributed by atoms with Crippen LogP contribution in [0.1, 0.15) is 11.1 Å². The minimum atomic E-state index is -1.13. The van der Waals surface area contributed by atoms with Gasteiger partial charge in [0.05, 0.1) is 12.7 Å². The molecule has 1 N–H and O–H groups in total. The molecule has 0 aliphatic heterocycles. The zero-order valence-electron chi connectivity index (χ0n) is 11.1. The third-order valence-electron chi connectivity index (χ3n) is 3.07. The van der Waals surface area contributed by atoms with E-state index in [1.807, 2.05) is 66.7 Å². The third kappa shape index (κ3) is 4.20. The highest BCUT2D eigenvalue weighted by Crippen LogP contribution is 2.12. The van der Waals surface area contributed by atoms with Crippen molar-refractivity contribution in [1.29, 1.82) is 5.26 Å². The molecule has 0 unspecified atom stereocenters. The Bertz CT molecular complexity index is 548. The molecule has 0 aromatic heterocycles. The first-order chi connectivity index (χ1) is 9.79. The van der Waals surface area contributed by atoms with Crippen LogP contribution in [0.4, 0.5) is 0 Å². The van der Waals surface area contributed by atoms with Crippen molar-refractivity contribution >= 4 is 0 Å². The molecule has 0 bridgehead atoms. The van der Waals surface area contributed by atoms with Crippen molar-refractivity contribution in [2.45, 2.75) is 25.2 Å². The molecule has 0 aliphatic carbocycles. The summed E-state index contributed by atoms with van der Waals surface area (Å²) < 4.78 is 5.71. The average Bonchev–Trinajstić information content (AvgIpc) is 2.52. The molecule has 0 saturated carbocycles. The van der Waals surface area contributed by atoms with Crippen LogP contribution in [-0.4, -0.2) is 17.3 Å². The van der Waals surface area contributed by atoms with Crippen molar-refractivity contribution < 1.29 is 9.84 Å². The second-order valence-electron chi connectivity index (χ2n) is 4.60. The van der Waals surface area contributed by atoms with Crippen molar-refractivity contribution in [3.8, 4) is 6.07 Å². The van der Waals surface area contributed by atoms with E-state index in [1.165, 1.54) is 0 Å². The fourth-order valence-corrected chi connectivity index (χ4v) is 1.97. The SMILES string of the molecule is N#C[C@H](O)[C@@H](Cc1ccccc1)OCc1ccccc1. The lowest BCUT2D eigenvalue weighted by Crippen LogP contribution is -2.29. The summed E-state index contributed by atoms with van der Waals surface area (Å²) in [5, 5.41) is 18.7. The Kier molecular flexibility index (Phi) is 5.31. The molecule has 2 aromatic carbocycles. The lowest BCUT2D eigenvalue weighted by molar-refractivity contribution is -0.0231. The van der Waals surface area contributed by atoms with Crippen molar-refractivity contribution in [1.82, 2.24) is 0 Å². The van der Waals surface area contributed by atoms with E-state index in [1.54, 1.807) is 0 Å². The van der Waals surface area contributed by atoms with E-state index in [4.69, 9.17) is 10.00 Å². The Morgan fingerprint density at radius 2 is 1.50 bits per heavy atom. The number of hydrogen-bond donors (Lipinski definition) is 1. The van der Waals surface area contributed by atoms with Crippen molar-refractivity contribution in [3.63, 3.8) is 0 Å². The van der Waals surface area contributed by atoms with Gasteiger partial charge in [-0.3, -0.25) is 0 Å². The van der Waals surface area contributed by atoms with Crippen LogP contribution in [0, 0.1) is 11.3 Å². The Hall–Kier alpha value is -2.15. The summed E-state index contributed by atoms with van der Waals surface area (Å²) in [6.45, 7) is 0.386. The lowest BCUT2D eigenvalue weighted by atomic mass is 10.0. The topological polar surface area (TPSA) is 53.2 Å². The number of nitriles is 1. The van der Waals surface area contributed by atoms with Crippen molar-refractivity contribution in [2.24, 2.45) is 0 Å². The first kappa shape index (κ1) is 14.3. The fraction of sp³-hybridized carbons (Fsp3) is 0.235. The van der Waals surface area contributed by atoms with E-state index >= 15 is 0 Å². The summed E-state index contributed by atoms with van der Waals surface area (Å²) in [6.07, 6.45) is -1.14. The van der Waals surface area contributed by atoms with Gasteiger partial charge in [-0.25, -0.2) is 0 Å². The first-order valence-corrected chi connectivity index (χ1v) is 6.56. The molecule has 2 atom stereocenters. The maximum absolute atomic E-state index is 9.77. The minimum absolute atomic E-state index is 0.386. The lowest BCUT2D eigenvalue weighted by Gasteiger charge is -2.19. The summed E-state index contributed by atoms with van der Waals surface area (Å²) in [5.41, 5.74) is 2.07. The van der Waals surface area contributed by atoms with Crippen LogP contribution in [-0.2, 0) is 17.8 Å². The second-order valence-corrected chi connectivity index (χ2v) is 4.60. The van der Waals surface area contributed by atoms with E-state index in [9.17, 15) is 5.11 Å². The van der Waals surface area contributed by atoms with E-state index < -0.39 is 12.2 Å². The number of hydrogen-bond acceptors (Lipinski definition) is 3. The normalized spacial score (nSPS) is 13.4. The van der Waals surface area contributed by atoms with E-state index in [-0.39, 0.29) is 0 Å². The Balaban J connectivity index is 1.99. The smallest absolute Gasteiger partial charge is 0.166 e. The summed E-state index contributed by atoms with van der Waals surface area (Å²) >= 11 is 0. The zero-order valence-corrected chi connectivity index (χ0v) is 11.1. The molecule has 20 heavy (non-hydrogen) atoms. The number of aliphatic hydroxyl groups is 1. The van der Waals surface area contributed by atoms with Gasteiger partial charge in [0, 0.05) is 6.42 Å². The molecule has 2 rings (SSSR count). The molecular formula is C17H17NO2. The van der Waals surface area contributed by atoms with Crippen LogP contribution in [0.15, 0.2) is 60.7 Å². The van der Waals surface area contributed by atoms with Gasteiger partial charge in [-0.2, -0.15) is 5.26 Å². The van der Waals surface area contributed by atoms with Crippen LogP contribution < -0.4 is 0 Å². The molecule has 0 spiro atoms. The van der Waals surface area contributed by atoms with Gasteiger partial charge in [-0.15, -0.1) is 0 Å². The van der Waals surface area contributed by atoms with E-state index in [0.29, 0.717) is 13.0 Å². The van der Waals surface area contributed by atoms with Gasteiger partial charge in [-0.1, -0.05) is 60.7 Å². The van der Waals surface area contributed by atoms with Crippen LogP contribution in [0.2, 0.25) is 0 Å². The predicted octanol–water partition coefficient (Wildman–Crippen LogP) is 2.70. The van der Waals surface area contributed by atoms with E-state index in [2.05, 4.69) is 0 Å². The van der Waals surface area contributed by atoms with Gasteiger partial charge in [0.2, 0.25) is 0 Å². The molecule has 0 heterocycles. The Labute approximate surface area is 119 Å². The highest BCUT2D eigenvalue weighted by atomic mass is 16.5.